The van der Waals surface area contributed by atoms with Gasteiger partial charge in [-0.2, -0.15) is 0 Å². The Morgan fingerprint density at radius 3 is 2.69 bits per heavy atom. The minimum absolute atomic E-state index is 0.326. The minimum Gasteiger partial charge on any atom is -0.390 e. The summed E-state index contributed by atoms with van der Waals surface area (Å²) < 4.78 is 0. The lowest BCUT2D eigenvalue weighted by Crippen LogP contribution is -2.94. The van der Waals surface area contributed by atoms with Crippen LogP contribution in [0.5, 0.6) is 0 Å². The van der Waals surface area contributed by atoms with Crippen LogP contribution in [0.2, 0.25) is 0 Å². The Balaban J connectivity index is 2.03. The van der Waals surface area contributed by atoms with Gasteiger partial charge in [-0.3, -0.25) is 0 Å². The SMILES string of the molecule is C[C@H](c1ccccc1)[NH+]1C[C@@H]1CO. The van der Waals surface area contributed by atoms with Gasteiger partial charge in [0.25, 0.3) is 0 Å². The third kappa shape index (κ3) is 1.74. The van der Waals surface area contributed by atoms with Crippen LogP contribution in [0.1, 0.15) is 18.5 Å². The zero-order valence-electron chi connectivity index (χ0n) is 7.90. The maximum atomic E-state index is 8.95. The molecule has 0 radical (unpaired) electrons. The highest BCUT2D eigenvalue weighted by molar-refractivity contribution is 5.16. The molecule has 2 heteroatoms. The lowest BCUT2D eigenvalue weighted by Gasteiger charge is -2.10. The first-order chi connectivity index (χ1) is 6.33. The molecule has 70 valence electrons. The van der Waals surface area contributed by atoms with Crippen LogP contribution < -0.4 is 4.90 Å². The summed E-state index contributed by atoms with van der Waals surface area (Å²) >= 11 is 0. The number of aliphatic hydroxyl groups is 1. The van der Waals surface area contributed by atoms with Crippen LogP contribution in [0.3, 0.4) is 0 Å². The van der Waals surface area contributed by atoms with Crippen molar-refractivity contribution in [2.75, 3.05) is 13.2 Å². The Kier molecular flexibility index (Phi) is 2.34. The van der Waals surface area contributed by atoms with Crippen molar-refractivity contribution in [3.8, 4) is 0 Å². The molecule has 1 aromatic carbocycles. The second-order valence-corrected chi connectivity index (χ2v) is 3.79. The maximum absolute atomic E-state index is 8.95. The number of benzene rings is 1. The molecular weight excluding hydrogens is 162 g/mol. The molecule has 1 aliphatic heterocycles. The number of nitrogens with one attached hydrogen (secondary N) is 1. The largest absolute Gasteiger partial charge is 0.390 e. The van der Waals surface area contributed by atoms with E-state index in [0.29, 0.717) is 18.7 Å². The van der Waals surface area contributed by atoms with E-state index in [1.165, 1.54) is 10.5 Å². The van der Waals surface area contributed by atoms with E-state index in [1.54, 1.807) is 0 Å². The summed E-state index contributed by atoms with van der Waals surface area (Å²) in [5.41, 5.74) is 1.37. The molecule has 2 nitrogen and oxygen atoms in total. The van der Waals surface area contributed by atoms with Crippen molar-refractivity contribution in [1.82, 2.24) is 0 Å². The van der Waals surface area contributed by atoms with Crippen molar-refractivity contribution in [2.45, 2.75) is 19.0 Å². The highest BCUT2D eigenvalue weighted by Gasteiger charge is 2.43. The van der Waals surface area contributed by atoms with Gasteiger partial charge >= 0.3 is 0 Å². The molecule has 3 atom stereocenters. The van der Waals surface area contributed by atoms with Gasteiger partial charge in [-0.25, -0.2) is 0 Å². The van der Waals surface area contributed by atoms with Crippen LogP contribution >= 0.6 is 0 Å². The Bertz CT molecular complexity index is 273. The highest BCUT2D eigenvalue weighted by atomic mass is 16.3. The first kappa shape index (κ1) is 8.73. The topological polar surface area (TPSA) is 24.7 Å². The lowest BCUT2D eigenvalue weighted by atomic mass is 10.1. The molecule has 2 rings (SSSR count). The quantitative estimate of drug-likeness (QED) is 0.626. The van der Waals surface area contributed by atoms with Crippen molar-refractivity contribution in [3.63, 3.8) is 0 Å². The van der Waals surface area contributed by atoms with E-state index in [-0.39, 0.29) is 0 Å². The fourth-order valence-corrected chi connectivity index (χ4v) is 1.89. The van der Waals surface area contributed by atoms with Crippen molar-refractivity contribution in [3.05, 3.63) is 35.9 Å². The summed E-state index contributed by atoms with van der Waals surface area (Å²) in [6, 6.07) is 11.5. The third-order valence-electron chi connectivity index (χ3n) is 2.92. The first-order valence-electron chi connectivity index (χ1n) is 4.84. The second-order valence-electron chi connectivity index (χ2n) is 3.79. The molecule has 1 fully saturated rings. The van der Waals surface area contributed by atoms with Gasteiger partial charge in [-0.05, 0) is 6.92 Å². The van der Waals surface area contributed by atoms with E-state index >= 15 is 0 Å². The van der Waals surface area contributed by atoms with E-state index in [9.17, 15) is 0 Å². The maximum Gasteiger partial charge on any atom is 0.161 e. The van der Waals surface area contributed by atoms with Crippen LogP contribution in [0.4, 0.5) is 0 Å². The van der Waals surface area contributed by atoms with Gasteiger partial charge in [-0.1, -0.05) is 30.3 Å². The van der Waals surface area contributed by atoms with Crippen LogP contribution in [-0.4, -0.2) is 24.3 Å². The van der Waals surface area contributed by atoms with E-state index in [2.05, 4.69) is 31.2 Å². The molecule has 0 bridgehead atoms. The van der Waals surface area contributed by atoms with E-state index < -0.39 is 0 Å². The monoisotopic (exact) mass is 178 g/mol. The van der Waals surface area contributed by atoms with Crippen LogP contribution in [-0.2, 0) is 0 Å². The molecule has 1 saturated heterocycles. The number of hydrogen-bond donors (Lipinski definition) is 2. The van der Waals surface area contributed by atoms with Gasteiger partial charge in [0.15, 0.2) is 6.04 Å². The molecule has 0 amide bonds. The predicted molar refractivity (Wildman–Crippen MR) is 51.6 cm³/mol. The predicted octanol–water partition coefficient (Wildman–Crippen LogP) is 0.00700. The van der Waals surface area contributed by atoms with Gasteiger partial charge < -0.3 is 10.0 Å². The summed E-state index contributed by atoms with van der Waals surface area (Å²) in [6.07, 6.45) is 0. The fourth-order valence-electron chi connectivity index (χ4n) is 1.89. The molecule has 0 aliphatic carbocycles. The van der Waals surface area contributed by atoms with Crippen molar-refractivity contribution < 1.29 is 10.0 Å². The average Bonchev–Trinajstić information content (AvgIpc) is 2.97. The molecule has 2 N–H and O–H groups in total. The second kappa shape index (κ2) is 3.48. The lowest BCUT2D eigenvalue weighted by molar-refractivity contribution is -0.810. The Hall–Kier alpha value is -0.860. The molecule has 0 aromatic heterocycles. The molecule has 1 heterocycles. The normalized spacial score (nSPS) is 28.5. The highest BCUT2D eigenvalue weighted by Crippen LogP contribution is 2.11. The summed E-state index contributed by atoms with van der Waals surface area (Å²) in [6.45, 7) is 3.67. The van der Waals surface area contributed by atoms with Crippen LogP contribution in [0, 0.1) is 0 Å². The smallest absolute Gasteiger partial charge is 0.161 e. The zero-order chi connectivity index (χ0) is 9.26. The molecule has 1 aliphatic rings. The number of rotatable bonds is 3. The Labute approximate surface area is 78.8 Å². The average molecular weight is 178 g/mol. The molecule has 1 aromatic rings. The summed E-state index contributed by atoms with van der Waals surface area (Å²) in [7, 11) is 0. The molecular formula is C11H16NO+. The van der Waals surface area contributed by atoms with Crippen LogP contribution in [0.25, 0.3) is 0 Å². The molecule has 13 heavy (non-hydrogen) atoms. The van der Waals surface area contributed by atoms with Crippen molar-refractivity contribution in [2.24, 2.45) is 0 Å². The van der Waals surface area contributed by atoms with Crippen molar-refractivity contribution in [1.29, 1.82) is 0 Å². The van der Waals surface area contributed by atoms with Gasteiger partial charge in [-0.15, -0.1) is 0 Å². The number of quaternary nitrogens is 1. The zero-order valence-corrected chi connectivity index (χ0v) is 7.90. The van der Waals surface area contributed by atoms with Gasteiger partial charge in [0.1, 0.15) is 19.2 Å². The molecule has 0 spiro atoms. The van der Waals surface area contributed by atoms with Gasteiger partial charge in [0.05, 0.1) is 0 Å². The summed E-state index contributed by atoms with van der Waals surface area (Å²) in [5.74, 6) is 0. The summed E-state index contributed by atoms with van der Waals surface area (Å²) in [5, 5.41) is 8.95. The Morgan fingerprint density at radius 2 is 2.15 bits per heavy atom. The third-order valence-corrected chi connectivity index (χ3v) is 2.92. The van der Waals surface area contributed by atoms with Crippen LogP contribution in [0.15, 0.2) is 30.3 Å². The molecule has 1 unspecified atom stereocenters. The first-order valence-corrected chi connectivity index (χ1v) is 4.84. The fraction of sp³-hybridized carbons (Fsp3) is 0.455. The standard InChI is InChI=1S/C11H15NO/c1-9(12-7-11(12)8-13)10-5-3-2-4-6-10/h2-6,9,11,13H,7-8H2,1H3/p+1/t9-,11-,12?/m1/s1. The number of aliphatic hydroxyl groups excluding tert-OH is 1. The van der Waals surface area contributed by atoms with E-state index in [1.807, 2.05) is 6.07 Å². The number of hydrogen-bond acceptors (Lipinski definition) is 1. The van der Waals surface area contributed by atoms with E-state index in [0.717, 1.165) is 6.54 Å². The molecule has 0 saturated carbocycles. The van der Waals surface area contributed by atoms with Gasteiger partial charge in [0, 0.05) is 5.56 Å². The summed E-state index contributed by atoms with van der Waals surface area (Å²) in [4.78, 5) is 1.51. The van der Waals surface area contributed by atoms with Gasteiger partial charge in [0.2, 0.25) is 0 Å². The minimum atomic E-state index is 0.326. The van der Waals surface area contributed by atoms with E-state index in [4.69, 9.17) is 5.11 Å². The van der Waals surface area contributed by atoms with Crippen molar-refractivity contribution >= 4 is 0 Å². The Morgan fingerprint density at radius 1 is 1.46 bits per heavy atom.